The van der Waals surface area contributed by atoms with Crippen molar-refractivity contribution in [2.24, 2.45) is 5.41 Å². The Hall–Kier alpha value is -1.40. The van der Waals surface area contributed by atoms with E-state index in [-0.39, 0.29) is 30.3 Å². The number of thioether (sulfide) groups is 1. The second-order valence-electron chi connectivity index (χ2n) is 6.82. The van der Waals surface area contributed by atoms with E-state index in [0.717, 1.165) is 17.7 Å². The number of nitrogen functional groups attached to an aromatic ring is 1. The van der Waals surface area contributed by atoms with Gasteiger partial charge in [-0.15, -0.1) is 24.2 Å². The molecule has 1 heterocycles. The molecule has 1 atom stereocenters. The summed E-state index contributed by atoms with van der Waals surface area (Å²) < 4.78 is 0. The van der Waals surface area contributed by atoms with E-state index in [2.05, 4.69) is 5.32 Å². The van der Waals surface area contributed by atoms with Crippen LogP contribution in [0.2, 0.25) is 0 Å². The number of anilines is 1. The van der Waals surface area contributed by atoms with E-state index in [1.807, 2.05) is 45.0 Å². The van der Waals surface area contributed by atoms with Crippen LogP contribution in [0.4, 0.5) is 5.69 Å². The second-order valence-corrected chi connectivity index (χ2v) is 7.82. The maximum Gasteiger partial charge on any atom is 0.243 e. The Morgan fingerprint density at radius 3 is 2.50 bits per heavy atom. The predicted molar refractivity (Wildman–Crippen MR) is 102 cm³/mol. The minimum atomic E-state index is -0.465. The lowest BCUT2D eigenvalue weighted by atomic mass is 9.94. The van der Waals surface area contributed by atoms with Gasteiger partial charge in [-0.3, -0.25) is 9.59 Å². The van der Waals surface area contributed by atoms with Crippen molar-refractivity contribution >= 4 is 41.7 Å². The molecule has 1 unspecified atom stereocenters. The van der Waals surface area contributed by atoms with E-state index in [9.17, 15) is 9.59 Å². The Labute approximate surface area is 154 Å². The lowest BCUT2D eigenvalue weighted by Crippen LogP contribution is -2.50. The summed E-state index contributed by atoms with van der Waals surface area (Å²) in [6.45, 7) is 6.21. The van der Waals surface area contributed by atoms with Crippen molar-refractivity contribution in [2.75, 3.05) is 23.9 Å². The fourth-order valence-corrected chi connectivity index (χ4v) is 3.58. The highest BCUT2D eigenvalue weighted by molar-refractivity contribution is 7.99. The van der Waals surface area contributed by atoms with Crippen molar-refractivity contribution in [2.45, 2.75) is 33.2 Å². The summed E-state index contributed by atoms with van der Waals surface area (Å²) in [6.07, 6.45) is 0.749. The predicted octanol–water partition coefficient (Wildman–Crippen LogP) is 2.30. The number of hydrogen-bond donors (Lipinski definition) is 2. The molecule has 1 fully saturated rings. The Morgan fingerprint density at radius 1 is 1.29 bits per heavy atom. The van der Waals surface area contributed by atoms with Crippen LogP contribution in [0.15, 0.2) is 24.3 Å². The van der Waals surface area contributed by atoms with Crippen molar-refractivity contribution in [3.63, 3.8) is 0 Å². The molecule has 2 rings (SSSR count). The van der Waals surface area contributed by atoms with Gasteiger partial charge in [0.15, 0.2) is 0 Å². The molecule has 2 amide bonds. The van der Waals surface area contributed by atoms with Gasteiger partial charge >= 0.3 is 0 Å². The van der Waals surface area contributed by atoms with Gasteiger partial charge < -0.3 is 16.0 Å². The van der Waals surface area contributed by atoms with Crippen LogP contribution in [0.1, 0.15) is 26.3 Å². The van der Waals surface area contributed by atoms with Gasteiger partial charge in [-0.1, -0.05) is 32.9 Å². The summed E-state index contributed by atoms with van der Waals surface area (Å²) in [5.41, 5.74) is 7.05. The standard InChI is InChI=1S/C17H25N3O2S.ClH/c1-17(2,3)16(22)20-11-23-10-14(20)15(21)19-9-8-12-4-6-13(18)7-5-12;/h4-7,14H,8-11,18H2,1-3H3,(H,19,21);1H. The first-order valence-electron chi connectivity index (χ1n) is 7.80. The first-order chi connectivity index (χ1) is 10.8. The molecule has 0 radical (unpaired) electrons. The van der Waals surface area contributed by atoms with Crippen molar-refractivity contribution in [1.82, 2.24) is 10.2 Å². The number of amides is 2. The third-order valence-corrected chi connectivity index (χ3v) is 4.79. The van der Waals surface area contributed by atoms with Gasteiger partial charge in [0.05, 0.1) is 5.88 Å². The zero-order valence-corrected chi connectivity index (χ0v) is 16.0. The van der Waals surface area contributed by atoms with Gasteiger partial charge in [0, 0.05) is 23.4 Å². The van der Waals surface area contributed by atoms with Crippen LogP contribution in [0, 0.1) is 5.41 Å². The zero-order chi connectivity index (χ0) is 17.0. The Bertz CT molecular complexity index is 572. The summed E-state index contributed by atoms with van der Waals surface area (Å²) in [7, 11) is 0. The lowest BCUT2D eigenvalue weighted by Gasteiger charge is -2.29. The molecule has 24 heavy (non-hydrogen) atoms. The number of halogens is 1. The molecule has 1 saturated heterocycles. The maximum atomic E-state index is 12.4. The van der Waals surface area contributed by atoms with Crippen molar-refractivity contribution in [3.8, 4) is 0 Å². The summed E-state index contributed by atoms with van der Waals surface area (Å²) in [5, 5.41) is 2.95. The molecule has 5 nitrogen and oxygen atoms in total. The third-order valence-electron chi connectivity index (χ3n) is 3.78. The normalized spacial score (nSPS) is 17.3. The molecule has 0 saturated carbocycles. The number of nitrogens with one attached hydrogen (secondary N) is 1. The first kappa shape index (κ1) is 20.6. The minimum Gasteiger partial charge on any atom is -0.399 e. The molecule has 134 valence electrons. The van der Waals surface area contributed by atoms with E-state index < -0.39 is 5.41 Å². The van der Waals surface area contributed by atoms with Gasteiger partial charge in [0.1, 0.15) is 6.04 Å². The van der Waals surface area contributed by atoms with Crippen LogP contribution in [-0.2, 0) is 16.0 Å². The Balaban J connectivity index is 0.00000288. The van der Waals surface area contributed by atoms with Crippen LogP contribution in [0.3, 0.4) is 0 Å². The van der Waals surface area contributed by atoms with E-state index in [4.69, 9.17) is 5.73 Å². The molecule has 0 bridgehead atoms. The van der Waals surface area contributed by atoms with Crippen molar-refractivity contribution in [3.05, 3.63) is 29.8 Å². The van der Waals surface area contributed by atoms with Crippen LogP contribution >= 0.6 is 24.2 Å². The van der Waals surface area contributed by atoms with E-state index >= 15 is 0 Å². The van der Waals surface area contributed by atoms with E-state index in [1.165, 1.54) is 0 Å². The molecule has 1 aliphatic heterocycles. The smallest absolute Gasteiger partial charge is 0.243 e. The summed E-state index contributed by atoms with van der Waals surface area (Å²) in [4.78, 5) is 26.5. The highest BCUT2D eigenvalue weighted by atomic mass is 35.5. The number of benzene rings is 1. The number of nitrogens with two attached hydrogens (primary N) is 1. The molecule has 1 aromatic rings. The molecule has 0 aliphatic carbocycles. The highest BCUT2D eigenvalue weighted by Crippen LogP contribution is 2.27. The number of carbonyl (C=O) groups excluding carboxylic acids is 2. The summed E-state index contributed by atoms with van der Waals surface area (Å²) >= 11 is 1.62. The molecule has 3 N–H and O–H groups in total. The van der Waals surface area contributed by atoms with E-state index in [1.54, 1.807) is 16.7 Å². The SMILES string of the molecule is CC(C)(C)C(=O)N1CSCC1C(=O)NCCc1ccc(N)cc1.Cl. The van der Waals surface area contributed by atoms with Gasteiger partial charge in [-0.05, 0) is 24.1 Å². The number of rotatable bonds is 4. The molecule has 7 heteroatoms. The zero-order valence-electron chi connectivity index (χ0n) is 14.4. The van der Waals surface area contributed by atoms with Crippen LogP contribution < -0.4 is 11.1 Å². The fourth-order valence-electron chi connectivity index (χ4n) is 2.42. The van der Waals surface area contributed by atoms with Gasteiger partial charge in [-0.25, -0.2) is 0 Å². The number of nitrogens with zero attached hydrogens (tertiary/aromatic N) is 1. The topological polar surface area (TPSA) is 75.4 Å². The highest BCUT2D eigenvalue weighted by Gasteiger charge is 2.38. The molecule has 0 spiro atoms. The first-order valence-corrected chi connectivity index (χ1v) is 8.95. The number of hydrogen-bond acceptors (Lipinski definition) is 4. The number of carbonyl (C=O) groups is 2. The molecule has 1 aliphatic rings. The molecular formula is C17H26ClN3O2S. The average Bonchev–Trinajstić information content (AvgIpc) is 2.96. The van der Waals surface area contributed by atoms with Gasteiger partial charge in [0.2, 0.25) is 11.8 Å². The Morgan fingerprint density at radius 2 is 1.92 bits per heavy atom. The maximum absolute atomic E-state index is 12.4. The Kier molecular flexibility index (Phi) is 7.42. The molecule has 1 aromatic carbocycles. The summed E-state index contributed by atoms with van der Waals surface area (Å²) in [6, 6.07) is 7.27. The monoisotopic (exact) mass is 371 g/mol. The average molecular weight is 372 g/mol. The van der Waals surface area contributed by atoms with Gasteiger partial charge in [0.25, 0.3) is 0 Å². The van der Waals surface area contributed by atoms with Crippen molar-refractivity contribution < 1.29 is 9.59 Å². The largest absolute Gasteiger partial charge is 0.399 e. The summed E-state index contributed by atoms with van der Waals surface area (Å²) in [5.74, 6) is 1.21. The third kappa shape index (κ3) is 5.31. The molecular weight excluding hydrogens is 346 g/mol. The fraction of sp³-hybridized carbons (Fsp3) is 0.529. The van der Waals surface area contributed by atoms with Crippen molar-refractivity contribution in [1.29, 1.82) is 0 Å². The lowest BCUT2D eigenvalue weighted by molar-refractivity contribution is -0.144. The minimum absolute atomic E-state index is 0. The quantitative estimate of drug-likeness (QED) is 0.796. The van der Waals surface area contributed by atoms with Crippen LogP contribution in [0.25, 0.3) is 0 Å². The molecule has 0 aromatic heterocycles. The second kappa shape index (κ2) is 8.62. The van der Waals surface area contributed by atoms with Crippen LogP contribution in [0.5, 0.6) is 0 Å². The van der Waals surface area contributed by atoms with E-state index in [0.29, 0.717) is 18.2 Å². The van der Waals surface area contributed by atoms with Gasteiger partial charge in [-0.2, -0.15) is 0 Å². The van der Waals surface area contributed by atoms with Crippen LogP contribution in [-0.4, -0.2) is 40.9 Å².